The number of fused-ring (bicyclic) bond motifs is 1. The van der Waals surface area contributed by atoms with Gasteiger partial charge in [0.2, 0.25) is 11.8 Å². The van der Waals surface area contributed by atoms with Crippen LogP contribution in [-0.4, -0.2) is 28.7 Å². The second-order valence-corrected chi connectivity index (χ2v) is 6.47. The minimum absolute atomic E-state index is 0.0870. The first-order valence-electron chi connectivity index (χ1n) is 8.74. The lowest BCUT2D eigenvalue weighted by Crippen LogP contribution is -2.35. The van der Waals surface area contributed by atoms with E-state index in [1.165, 1.54) is 10.7 Å². The number of halogens is 2. The Morgan fingerprint density at radius 1 is 1.17 bits per heavy atom. The number of amides is 2. The van der Waals surface area contributed by atoms with E-state index in [1.807, 2.05) is 12.1 Å². The molecule has 0 bridgehead atoms. The molecule has 1 aromatic heterocycles. The molecule has 148 valence electrons. The molecule has 7 nitrogen and oxygen atoms in total. The predicted octanol–water partition coefficient (Wildman–Crippen LogP) is 3.36. The maximum atomic E-state index is 13.4. The van der Waals surface area contributed by atoms with Crippen molar-refractivity contribution in [1.29, 1.82) is 0 Å². The first kappa shape index (κ1) is 18.6. The molecular weight excluding hydrogens is 382 g/mol. The fourth-order valence-electron chi connectivity index (χ4n) is 3.09. The first-order chi connectivity index (χ1) is 13.9. The van der Waals surface area contributed by atoms with Crippen LogP contribution in [0, 0.1) is 11.6 Å². The summed E-state index contributed by atoms with van der Waals surface area (Å²) >= 11 is 0. The Morgan fingerprint density at radius 3 is 2.62 bits per heavy atom. The van der Waals surface area contributed by atoms with Crippen molar-refractivity contribution in [1.82, 2.24) is 9.78 Å². The lowest BCUT2D eigenvalue weighted by Gasteiger charge is -2.23. The summed E-state index contributed by atoms with van der Waals surface area (Å²) < 4.78 is 33.0. The van der Waals surface area contributed by atoms with Crippen LogP contribution in [0.15, 0.2) is 48.5 Å². The Hall–Kier alpha value is -3.75. The van der Waals surface area contributed by atoms with Gasteiger partial charge in [-0.25, -0.2) is 13.5 Å². The van der Waals surface area contributed by atoms with Crippen molar-refractivity contribution in [3.63, 3.8) is 0 Å². The standard InChI is InChI=1S/C20H16F2N4O3/c1-29-13-5-2-11(3-6-13)16-9-18-24-19(27)10-17(26(18)25-16)20(28)23-12-4-7-14(21)15(22)8-12/h2-9,17H,10H2,1H3,(H,23,28)(H,24,27)/t17-/m1/s1. The van der Waals surface area contributed by atoms with Gasteiger partial charge in [-0.2, -0.15) is 5.10 Å². The van der Waals surface area contributed by atoms with Crippen molar-refractivity contribution < 1.29 is 23.1 Å². The van der Waals surface area contributed by atoms with E-state index in [1.54, 1.807) is 25.3 Å². The Bertz CT molecular complexity index is 1100. The monoisotopic (exact) mass is 398 g/mol. The molecule has 0 unspecified atom stereocenters. The summed E-state index contributed by atoms with van der Waals surface area (Å²) in [4.78, 5) is 24.8. The van der Waals surface area contributed by atoms with Crippen molar-refractivity contribution in [2.45, 2.75) is 12.5 Å². The number of carbonyl (C=O) groups excluding carboxylic acids is 2. The van der Waals surface area contributed by atoms with E-state index >= 15 is 0 Å². The van der Waals surface area contributed by atoms with Gasteiger partial charge in [0.05, 0.1) is 19.2 Å². The molecule has 0 aliphatic carbocycles. The van der Waals surface area contributed by atoms with Crippen molar-refractivity contribution in [2.75, 3.05) is 17.7 Å². The van der Waals surface area contributed by atoms with Gasteiger partial charge in [-0.1, -0.05) is 0 Å². The van der Waals surface area contributed by atoms with Crippen molar-refractivity contribution in [3.05, 3.63) is 60.2 Å². The fraction of sp³-hybridized carbons (Fsp3) is 0.150. The minimum Gasteiger partial charge on any atom is -0.497 e. The zero-order chi connectivity index (χ0) is 20.5. The van der Waals surface area contributed by atoms with Crippen molar-refractivity contribution in [2.24, 2.45) is 0 Å². The van der Waals surface area contributed by atoms with Gasteiger partial charge in [-0.15, -0.1) is 0 Å². The number of methoxy groups -OCH3 is 1. The van der Waals surface area contributed by atoms with Crippen LogP contribution in [0.3, 0.4) is 0 Å². The van der Waals surface area contributed by atoms with Gasteiger partial charge in [0.15, 0.2) is 11.6 Å². The van der Waals surface area contributed by atoms with Gasteiger partial charge < -0.3 is 15.4 Å². The van der Waals surface area contributed by atoms with E-state index in [-0.39, 0.29) is 18.0 Å². The van der Waals surface area contributed by atoms with Gasteiger partial charge in [-0.05, 0) is 36.4 Å². The number of hydrogen-bond donors (Lipinski definition) is 2. The van der Waals surface area contributed by atoms with E-state index in [4.69, 9.17) is 4.74 Å². The SMILES string of the molecule is COc1ccc(-c2cc3n(n2)[C@@H](C(=O)Nc2ccc(F)c(F)c2)CC(=O)N3)cc1. The number of nitrogens with zero attached hydrogens (tertiary/aromatic N) is 2. The quantitative estimate of drug-likeness (QED) is 0.706. The van der Waals surface area contributed by atoms with Crippen LogP contribution in [0.1, 0.15) is 12.5 Å². The largest absolute Gasteiger partial charge is 0.497 e. The molecule has 0 radical (unpaired) electrons. The number of benzene rings is 2. The third-order valence-electron chi connectivity index (χ3n) is 4.55. The fourth-order valence-corrected chi connectivity index (χ4v) is 3.09. The highest BCUT2D eigenvalue weighted by atomic mass is 19.2. The van der Waals surface area contributed by atoms with E-state index in [0.29, 0.717) is 17.3 Å². The van der Waals surface area contributed by atoms with Crippen LogP contribution in [0.4, 0.5) is 20.3 Å². The summed E-state index contributed by atoms with van der Waals surface area (Å²) in [6.45, 7) is 0. The Labute approximate surface area is 164 Å². The van der Waals surface area contributed by atoms with Crippen molar-refractivity contribution >= 4 is 23.3 Å². The van der Waals surface area contributed by atoms with Crippen LogP contribution in [0.5, 0.6) is 5.75 Å². The zero-order valence-corrected chi connectivity index (χ0v) is 15.3. The number of rotatable bonds is 4. The van der Waals surface area contributed by atoms with Crippen molar-refractivity contribution in [3.8, 4) is 17.0 Å². The van der Waals surface area contributed by atoms with Crippen LogP contribution >= 0.6 is 0 Å². The number of nitrogens with one attached hydrogen (secondary N) is 2. The maximum absolute atomic E-state index is 13.4. The molecule has 0 saturated heterocycles. The average Bonchev–Trinajstić information content (AvgIpc) is 3.14. The van der Waals surface area contributed by atoms with Gasteiger partial charge in [-0.3, -0.25) is 9.59 Å². The van der Waals surface area contributed by atoms with Crippen LogP contribution < -0.4 is 15.4 Å². The zero-order valence-electron chi connectivity index (χ0n) is 15.3. The molecule has 2 aromatic carbocycles. The number of carbonyl (C=O) groups is 2. The molecule has 1 atom stereocenters. The topological polar surface area (TPSA) is 85.2 Å². The highest BCUT2D eigenvalue weighted by molar-refractivity contribution is 6.01. The summed E-state index contributed by atoms with van der Waals surface area (Å²) in [5.41, 5.74) is 1.43. The lowest BCUT2D eigenvalue weighted by molar-refractivity contribution is -0.125. The summed E-state index contributed by atoms with van der Waals surface area (Å²) in [6.07, 6.45) is -0.133. The third-order valence-corrected chi connectivity index (χ3v) is 4.55. The van der Waals surface area contributed by atoms with E-state index in [9.17, 15) is 18.4 Å². The van der Waals surface area contributed by atoms with Crippen LogP contribution in [0.25, 0.3) is 11.3 Å². The van der Waals surface area contributed by atoms with Gasteiger partial charge in [0.25, 0.3) is 0 Å². The minimum atomic E-state index is -1.08. The molecule has 2 amide bonds. The third kappa shape index (κ3) is 3.66. The second kappa shape index (κ2) is 7.34. The lowest BCUT2D eigenvalue weighted by atomic mass is 10.1. The molecule has 0 spiro atoms. The molecule has 1 aliphatic rings. The maximum Gasteiger partial charge on any atom is 0.249 e. The summed E-state index contributed by atoms with van der Waals surface area (Å²) in [7, 11) is 1.57. The van der Waals surface area contributed by atoms with Crippen LogP contribution in [-0.2, 0) is 9.59 Å². The van der Waals surface area contributed by atoms with Gasteiger partial charge >= 0.3 is 0 Å². The smallest absolute Gasteiger partial charge is 0.249 e. The first-order valence-corrected chi connectivity index (χ1v) is 8.74. The number of hydrogen-bond acceptors (Lipinski definition) is 4. The van der Waals surface area contributed by atoms with E-state index in [0.717, 1.165) is 17.7 Å². The molecule has 2 N–H and O–H groups in total. The predicted molar refractivity (Wildman–Crippen MR) is 101 cm³/mol. The highest BCUT2D eigenvalue weighted by Gasteiger charge is 2.32. The van der Waals surface area contributed by atoms with Crippen LogP contribution in [0.2, 0.25) is 0 Å². The Kier molecular flexibility index (Phi) is 4.71. The molecule has 3 aromatic rings. The molecule has 0 saturated carbocycles. The van der Waals surface area contributed by atoms with E-state index < -0.39 is 23.6 Å². The molecular formula is C20H16F2N4O3. The van der Waals surface area contributed by atoms with Gasteiger partial charge in [0, 0.05) is 23.4 Å². The molecule has 29 heavy (non-hydrogen) atoms. The number of aromatic nitrogens is 2. The second-order valence-electron chi connectivity index (χ2n) is 6.47. The number of anilines is 2. The molecule has 4 rings (SSSR count). The summed E-state index contributed by atoms with van der Waals surface area (Å²) in [5, 5.41) is 9.64. The molecule has 0 fully saturated rings. The summed E-state index contributed by atoms with van der Waals surface area (Å²) in [5.74, 6) is -1.93. The Morgan fingerprint density at radius 2 is 1.93 bits per heavy atom. The average molecular weight is 398 g/mol. The normalized spacial score (nSPS) is 15.4. The molecule has 1 aliphatic heterocycles. The van der Waals surface area contributed by atoms with E-state index in [2.05, 4.69) is 15.7 Å². The van der Waals surface area contributed by atoms with Gasteiger partial charge in [0.1, 0.15) is 17.6 Å². The molecule has 9 heteroatoms. The Balaban J connectivity index is 1.62. The summed E-state index contributed by atoms with van der Waals surface area (Å²) in [6, 6.07) is 10.9. The number of ether oxygens (including phenoxy) is 1. The highest BCUT2D eigenvalue weighted by Crippen LogP contribution is 2.31. The molecule has 2 heterocycles.